The Balaban J connectivity index is 2.09. The summed E-state index contributed by atoms with van der Waals surface area (Å²) in [5, 5.41) is 0. The van der Waals surface area contributed by atoms with Gasteiger partial charge in [0.15, 0.2) is 5.65 Å². The van der Waals surface area contributed by atoms with Gasteiger partial charge in [0, 0.05) is 25.3 Å². The first kappa shape index (κ1) is 15.3. The summed E-state index contributed by atoms with van der Waals surface area (Å²) in [5.41, 5.74) is 1.46. The summed E-state index contributed by atoms with van der Waals surface area (Å²) in [6.45, 7) is 10.6. The highest BCUT2D eigenvalue weighted by molar-refractivity contribution is 6.62. The van der Waals surface area contributed by atoms with Crippen LogP contribution in [0.1, 0.15) is 34.6 Å². The van der Waals surface area contributed by atoms with E-state index in [1.807, 2.05) is 40.7 Å². The molecule has 0 amide bonds. The largest absolute Gasteiger partial charge is 0.496 e. The van der Waals surface area contributed by atoms with Gasteiger partial charge >= 0.3 is 12.8 Å². The number of fused-ring (bicyclic) bond motifs is 1. The summed E-state index contributed by atoms with van der Waals surface area (Å²) >= 11 is 0. The summed E-state index contributed by atoms with van der Waals surface area (Å²) in [7, 11) is 1.26. The number of rotatable bonds is 2. The van der Waals surface area contributed by atoms with Crippen molar-refractivity contribution in [3.05, 3.63) is 22.7 Å². The van der Waals surface area contributed by atoms with Gasteiger partial charge in [-0.15, -0.1) is 0 Å². The molecule has 0 atom stereocenters. The minimum absolute atomic E-state index is 0.0592. The molecule has 118 valence electrons. The standard InChI is InChI=1S/C15H22BN3O3/c1-7-19-11-8-10(9-17-12(11)18(6)13(19)20)16-21-14(2,3)15(4,5)22-16/h8-9H,7H2,1-6H3. The smallest absolute Gasteiger partial charge is 0.399 e. The molecule has 0 N–H and O–H groups in total. The number of nitrogens with zero attached hydrogens (tertiary/aromatic N) is 3. The monoisotopic (exact) mass is 303 g/mol. The normalized spacial score (nSPS) is 20.0. The predicted molar refractivity (Wildman–Crippen MR) is 86.4 cm³/mol. The van der Waals surface area contributed by atoms with Crippen LogP contribution in [-0.2, 0) is 22.9 Å². The van der Waals surface area contributed by atoms with Crippen LogP contribution in [0, 0.1) is 0 Å². The van der Waals surface area contributed by atoms with Crippen molar-refractivity contribution < 1.29 is 9.31 Å². The Morgan fingerprint density at radius 3 is 2.36 bits per heavy atom. The number of pyridine rings is 1. The Kier molecular flexibility index (Phi) is 3.27. The molecule has 3 heterocycles. The number of hydrogen-bond donors (Lipinski definition) is 0. The van der Waals surface area contributed by atoms with Crippen LogP contribution in [-0.4, -0.2) is 32.4 Å². The van der Waals surface area contributed by atoms with E-state index >= 15 is 0 Å². The first-order chi connectivity index (χ1) is 10.2. The van der Waals surface area contributed by atoms with Gasteiger partial charge in [0.05, 0.1) is 16.7 Å². The number of aromatic nitrogens is 3. The number of imidazole rings is 1. The van der Waals surface area contributed by atoms with E-state index in [1.165, 1.54) is 0 Å². The molecule has 1 saturated heterocycles. The first-order valence-corrected chi connectivity index (χ1v) is 7.59. The second-order valence-corrected chi connectivity index (χ2v) is 6.79. The van der Waals surface area contributed by atoms with Crippen LogP contribution in [0.2, 0.25) is 0 Å². The molecular weight excluding hydrogens is 281 g/mol. The lowest BCUT2D eigenvalue weighted by molar-refractivity contribution is 0.00578. The summed E-state index contributed by atoms with van der Waals surface area (Å²) in [6, 6.07) is 1.94. The van der Waals surface area contributed by atoms with E-state index < -0.39 is 18.3 Å². The minimum Gasteiger partial charge on any atom is -0.399 e. The van der Waals surface area contributed by atoms with Crippen molar-refractivity contribution in [2.45, 2.75) is 52.4 Å². The summed E-state index contributed by atoms with van der Waals surface area (Å²) in [6.07, 6.45) is 1.73. The highest BCUT2D eigenvalue weighted by atomic mass is 16.7. The van der Waals surface area contributed by atoms with Crippen molar-refractivity contribution in [2.75, 3.05) is 0 Å². The molecule has 0 bridgehead atoms. The van der Waals surface area contributed by atoms with Crippen molar-refractivity contribution >= 4 is 23.7 Å². The molecule has 6 nitrogen and oxygen atoms in total. The van der Waals surface area contributed by atoms with Gasteiger partial charge in [-0.25, -0.2) is 9.78 Å². The molecule has 0 spiro atoms. The van der Waals surface area contributed by atoms with Crippen molar-refractivity contribution in [1.29, 1.82) is 0 Å². The predicted octanol–water partition coefficient (Wildman–Crippen LogP) is 1.05. The lowest BCUT2D eigenvalue weighted by Gasteiger charge is -2.32. The molecule has 7 heteroatoms. The molecule has 2 aromatic heterocycles. The maximum atomic E-state index is 12.2. The lowest BCUT2D eigenvalue weighted by atomic mass is 9.80. The Bertz CT molecular complexity index is 775. The molecule has 3 rings (SSSR count). The van der Waals surface area contributed by atoms with Gasteiger partial charge in [-0.05, 0) is 40.7 Å². The molecule has 1 aliphatic rings. The third-order valence-electron chi connectivity index (χ3n) is 4.84. The zero-order chi connectivity index (χ0) is 16.3. The number of aryl methyl sites for hydroxylation is 2. The molecular formula is C15H22BN3O3. The van der Waals surface area contributed by atoms with Gasteiger partial charge < -0.3 is 9.31 Å². The van der Waals surface area contributed by atoms with Crippen LogP contribution >= 0.6 is 0 Å². The third-order valence-corrected chi connectivity index (χ3v) is 4.84. The molecule has 1 aliphatic heterocycles. The zero-order valence-corrected chi connectivity index (χ0v) is 14.0. The van der Waals surface area contributed by atoms with Crippen LogP contribution in [0.15, 0.2) is 17.1 Å². The van der Waals surface area contributed by atoms with Gasteiger partial charge in [-0.3, -0.25) is 9.13 Å². The zero-order valence-electron chi connectivity index (χ0n) is 14.0. The molecule has 0 unspecified atom stereocenters. The first-order valence-electron chi connectivity index (χ1n) is 7.59. The Labute approximate surface area is 130 Å². The quantitative estimate of drug-likeness (QED) is 0.778. The molecule has 2 aromatic rings. The van der Waals surface area contributed by atoms with E-state index in [2.05, 4.69) is 4.98 Å². The van der Waals surface area contributed by atoms with E-state index in [1.54, 1.807) is 22.4 Å². The Morgan fingerprint density at radius 2 is 1.82 bits per heavy atom. The second kappa shape index (κ2) is 4.70. The lowest BCUT2D eigenvalue weighted by Crippen LogP contribution is -2.41. The van der Waals surface area contributed by atoms with Gasteiger partial charge in [0.1, 0.15) is 0 Å². The van der Waals surface area contributed by atoms with E-state index in [4.69, 9.17) is 9.31 Å². The van der Waals surface area contributed by atoms with Gasteiger partial charge in [0.2, 0.25) is 0 Å². The highest BCUT2D eigenvalue weighted by Crippen LogP contribution is 2.36. The van der Waals surface area contributed by atoms with Crippen LogP contribution < -0.4 is 11.2 Å². The fourth-order valence-electron chi connectivity index (χ4n) is 2.71. The topological polar surface area (TPSA) is 58.3 Å². The fraction of sp³-hybridized carbons (Fsp3) is 0.600. The Morgan fingerprint density at radius 1 is 1.23 bits per heavy atom. The molecule has 22 heavy (non-hydrogen) atoms. The maximum Gasteiger partial charge on any atom is 0.496 e. The summed E-state index contributed by atoms with van der Waals surface area (Å²) in [5.74, 6) is 0. The van der Waals surface area contributed by atoms with E-state index in [-0.39, 0.29) is 5.69 Å². The third kappa shape index (κ3) is 2.03. The Hall–Kier alpha value is -1.60. The van der Waals surface area contributed by atoms with Crippen molar-refractivity contribution in [1.82, 2.24) is 14.1 Å². The average molecular weight is 303 g/mol. The summed E-state index contributed by atoms with van der Waals surface area (Å²) < 4.78 is 15.4. The molecule has 0 aromatic carbocycles. The molecule has 1 fully saturated rings. The van der Waals surface area contributed by atoms with Crippen LogP contribution in [0.5, 0.6) is 0 Å². The van der Waals surface area contributed by atoms with Crippen molar-refractivity contribution in [2.24, 2.45) is 7.05 Å². The van der Waals surface area contributed by atoms with E-state index in [0.29, 0.717) is 12.2 Å². The van der Waals surface area contributed by atoms with Crippen molar-refractivity contribution in [3.63, 3.8) is 0 Å². The highest BCUT2D eigenvalue weighted by Gasteiger charge is 2.51. The van der Waals surface area contributed by atoms with Gasteiger partial charge in [0.25, 0.3) is 0 Å². The molecule has 0 radical (unpaired) electrons. The maximum absolute atomic E-state index is 12.2. The summed E-state index contributed by atoms with van der Waals surface area (Å²) in [4.78, 5) is 16.6. The SMILES string of the molecule is CCn1c(=O)n(C)c2ncc(B3OC(C)(C)C(C)(C)O3)cc21. The van der Waals surface area contributed by atoms with Gasteiger partial charge in [-0.2, -0.15) is 0 Å². The van der Waals surface area contributed by atoms with Gasteiger partial charge in [-0.1, -0.05) is 0 Å². The van der Waals surface area contributed by atoms with E-state index in [0.717, 1.165) is 11.0 Å². The minimum atomic E-state index is -0.470. The van der Waals surface area contributed by atoms with E-state index in [9.17, 15) is 4.79 Å². The molecule has 0 saturated carbocycles. The fourth-order valence-corrected chi connectivity index (χ4v) is 2.71. The van der Waals surface area contributed by atoms with Crippen LogP contribution in [0.4, 0.5) is 0 Å². The second-order valence-electron chi connectivity index (χ2n) is 6.79. The van der Waals surface area contributed by atoms with Crippen LogP contribution in [0.25, 0.3) is 11.2 Å². The van der Waals surface area contributed by atoms with Crippen LogP contribution in [0.3, 0.4) is 0 Å². The number of hydrogen-bond acceptors (Lipinski definition) is 4. The van der Waals surface area contributed by atoms with Crippen molar-refractivity contribution in [3.8, 4) is 0 Å². The molecule has 0 aliphatic carbocycles. The average Bonchev–Trinajstić information content (AvgIpc) is 2.81.